The third-order valence-corrected chi connectivity index (χ3v) is 4.33. The molecule has 1 N–H and O–H groups in total. The standard InChI is InChI=1S/C15H18N4O2S/c20-15(19-6-8-21-9-7-19)17-5-3-14-18-13(11-22-14)12-2-1-4-16-10-12/h1-2,4,10-11H,3,5-9H2,(H,17,20). The number of morpholine rings is 1. The highest BCUT2D eigenvalue weighted by Crippen LogP contribution is 2.20. The molecule has 0 aromatic carbocycles. The van der Waals surface area contributed by atoms with Gasteiger partial charge in [-0.15, -0.1) is 11.3 Å². The second-order valence-electron chi connectivity index (χ2n) is 4.95. The Hall–Kier alpha value is -1.99. The number of hydrogen-bond acceptors (Lipinski definition) is 5. The fourth-order valence-corrected chi connectivity index (χ4v) is 3.03. The summed E-state index contributed by atoms with van der Waals surface area (Å²) in [6, 6.07) is 3.87. The van der Waals surface area contributed by atoms with E-state index in [4.69, 9.17) is 4.74 Å². The summed E-state index contributed by atoms with van der Waals surface area (Å²) in [4.78, 5) is 22.4. The maximum Gasteiger partial charge on any atom is 0.317 e. The number of thiazole rings is 1. The van der Waals surface area contributed by atoms with Crippen LogP contribution in [0.5, 0.6) is 0 Å². The van der Waals surface area contributed by atoms with Crippen molar-refractivity contribution in [1.29, 1.82) is 0 Å². The van der Waals surface area contributed by atoms with Crippen molar-refractivity contribution in [1.82, 2.24) is 20.2 Å². The Kier molecular flexibility index (Phi) is 4.97. The number of rotatable bonds is 4. The Labute approximate surface area is 133 Å². The van der Waals surface area contributed by atoms with Crippen LogP contribution >= 0.6 is 11.3 Å². The van der Waals surface area contributed by atoms with Gasteiger partial charge in [0.15, 0.2) is 0 Å². The van der Waals surface area contributed by atoms with Crippen LogP contribution in [0, 0.1) is 0 Å². The van der Waals surface area contributed by atoms with Crippen molar-refractivity contribution in [3.05, 3.63) is 34.9 Å². The first-order chi connectivity index (χ1) is 10.8. The molecular formula is C15H18N4O2S. The smallest absolute Gasteiger partial charge is 0.317 e. The first kappa shape index (κ1) is 14.9. The minimum Gasteiger partial charge on any atom is -0.378 e. The van der Waals surface area contributed by atoms with Crippen molar-refractivity contribution in [2.24, 2.45) is 0 Å². The number of ether oxygens (including phenoxy) is 1. The molecule has 116 valence electrons. The Bertz CT molecular complexity index is 611. The van der Waals surface area contributed by atoms with E-state index in [0.29, 0.717) is 32.8 Å². The fourth-order valence-electron chi connectivity index (χ4n) is 2.23. The molecule has 2 aromatic heterocycles. The van der Waals surface area contributed by atoms with Gasteiger partial charge in [-0.25, -0.2) is 9.78 Å². The van der Waals surface area contributed by atoms with E-state index in [-0.39, 0.29) is 6.03 Å². The van der Waals surface area contributed by atoms with Crippen molar-refractivity contribution < 1.29 is 9.53 Å². The van der Waals surface area contributed by atoms with E-state index in [9.17, 15) is 4.79 Å². The molecule has 0 aliphatic carbocycles. The number of nitrogens with zero attached hydrogens (tertiary/aromatic N) is 3. The first-order valence-corrected chi connectivity index (χ1v) is 8.16. The van der Waals surface area contributed by atoms with Gasteiger partial charge in [-0.05, 0) is 12.1 Å². The van der Waals surface area contributed by atoms with E-state index >= 15 is 0 Å². The van der Waals surface area contributed by atoms with Gasteiger partial charge in [0.05, 0.1) is 23.9 Å². The van der Waals surface area contributed by atoms with Crippen LogP contribution in [-0.2, 0) is 11.2 Å². The molecule has 0 radical (unpaired) electrons. The minimum atomic E-state index is -0.0210. The van der Waals surface area contributed by atoms with Gasteiger partial charge in [-0.3, -0.25) is 4.98 Å². The zero-order valence-electron chi connectivity index (χ0n) is 12.2. The summed E-state index contributed by atoms with van der Waals surface area (Å²) in [5, 5.41) is 5.97. The maximum absolute atomic E-state index is 11.9. The molecule has 0 spiro atoms. The average Bonchev–Trinajstić information content (AvgIpc) is 3.05. The van der Waals surface area contributed by atoms with Gasteiger partial charge in [0.25, 0.3) is 0 Å². The number of carbonyl (C=O) groups excluding carboxylic acids is 1. The Morgan fingerprint density at radius 3 is 3.05 bits per heavy atom. The van der Waals surface area contributed by atoms with Crippen LogP contribution in [0.2, 0.25) is 0 Å². The normalized spacial score (nSPS) is 14.8. The first-order valence-electron chi connectivity index (χ1n) is 7.28. The van der Waals surface area contributed by atoms with E-state index in [1.54, 1.807) is 28.6 Å². The zero-order valence-corrected chi connectivity index (χ0v) is 13.0. The van der Waals surface area contributed by atoms with E-state index in [1.165, 1.54) is 0 Å². The molecule has 0 bridgehead atoms. The lowest BCUT2D eigenvalue weighted by molar-refractivity contribution is 0.0533. The number of urea groups is 1. The SMILES string of the molecule is O=C(NCCc1nc(-c2cccnc2)cs1)N1CCOCC1. The molecular weight excluding hydrogens is 300 g/mol. The largest absolute Gasteiger partial charge is 0.378 e. The fraction of sp³-hybridized carbons (Fsp3) is 0.400. The Balaban J connectivity index is 1.48. The molecule has 1 saturated heterocycles. The van der Waals surface area contributed by atoms with Gasteiger partial charge in [0, 0.05) is 49.4 Å². The molecule has 0 unspecified atom stereocenters. The highest BCUT2D eigenvalue weighted by Gasteiger charge is 2.16. The topological polar surface area (TPSA) is 67.4 Å². The van der Waals surface area contributed by atoms with Crippen molar-refractivity contribution >= 4 is 17.4 Å². The lowest BCUT2D eigenvalue weighted by Crippen LogP contribution is -2.46. The Morgan fingerprint density at radius 1 is 1.41 bits per heavy atom. The van der Waals surface area contributed by atoms with Gasteiger partial charge in [-0.2, -0.15) is 0 Å². The van der Waals surface area contributed by atoms with Crippen LogP contribution < -0.4 is 5.32 Å². The number of carbonyl (C=O) groups is 1. The number of pyridine rings is 1. The number of nitrogens with one attached hydrogen (secondary N) is 1. The number of amides is 2. The summed E-state index contributed by atoms with van der Waals surface area (Å²) in [5.41, 5.74) is 1.95. The van der Waals surface area contributed by atoms with Gasteiger partial charge in [-0.1, -0.05) is 0 Å². The molecule has 1 aliphatic heterocycles. The molecule has 2 aromatic rings. The summed E-state index contributed by atoms with van der Waals surface area (Å²) >= 11 is 1.61. The number of hydrogen-bond donors (Lipinski definition) is 1. The van der Waals surface area contributed by atoms with Crippen molar-refractivity contribution in [2.45, 2.75) is 6.42 Å². The molecule has 1 aliphatic rings. The van der Waals surface area contributed by atoms with E-state index < -0.39 is 0 Å². The second-order valence-corrected chi connectivity index (χ2v) is 5.89. The predicted molar refractivity (Wildman–Crippen MR) is 84.8 cm³/mol. The van der Waals surface area contributed by atoms with E-state index in [0.717, 1.165) is 22.7 Å². The van der Waals surface area contributed by atoms with Crippen LogP contribution in [-0.4, -0.2) is 53.7 Å². The maximum atomic E-state index is 11.9. The third-order valence-electron chi connectivity index (χ3n) is 3.42. The molecule has 0 saturated carbocycles. The lowest BCUT2D eigenvalue weighted by atomic mass is 10.2. The molecule has 7 heteroatoms. The average molecular weight is 318 g/mol. The molecule has 0 atom stereocenters. The monoisotopic (exact) mass is 318 g/mol. The highest BCUT2D eigenvalue weighted by molar-refractivity contribution is 7.09. The highest BCUT2D eigenvalue weighted by atomic mass is 32.1. The van der Waals surface area contributed by atoms with Gasteiger partial charge >= 0.3 is 6.03 Å². The zero-order chi connectivity index (χ0) is 15.2. The van der Waals surface area contributed by atoms with Crippen LogP contribution in [0.3, 0.4) is 0 Å². The summed E-state index contributed by atoms with van der Waals surface area (Å²) in [5.74, 6) is 0. The Morgan fingerprint density at radius 2 is 2.27 bits per heavy atom. The third kappa shape index (κ3) is 3.80. The van der Waals surface area contributed by atoms with Gasteiger partial charge in [0.2, 0.25) is 0 Å². The van der Waals surface area contributed by atoms with Crippen molar-refractivity contribution in [3.63, 3.8) is 0 Å². The molecule has 22 heavy (non-hydrogen) atoms. The molecule has 1 fully saturated rings. The summed E-state index contributed by atoms with van der Waals surface area (Å²) in [6.07, 6.45) is 4.29. The van der Waals surface area contributed by atoms with E-state index in [1.807, 2.05) is 17.5 Å². The summed E-state index contributed by atoms with van der Waals surface area (Å²) in [6.45, 7) is 3.15. The molecule has 3 rings (SSSR count). The second kappa shape index (κ2) is 7.33. The van der Waals surface area contributed by atoms with Crippen LogP contribution in [0.4, 0.5) is 4.79 Å². The lowest BCUT2D eigenvalue weighted by Gasteiger charge is -2.26. The van der Waals surface area contributed by atoms with Crippen LogP contribution in [0.1, 0.15) is 5.01 Å². The predicted octanol–water partition coefficient (Wildman–Crippen LogP) is 1.79. The van der Waals surface area contributed by atoms with Gasteiger partial charge < -0.3 is 15.0 Å². The molecule has 3 heterocycles. The summed E-state index contributed by atoms with van der Waals surface area (Å²) < 4.78 is 5.23. The van der Waals surface area contributed by atoms with Gasteiger partial charge in [0.1, 0.15) is 0 Å². The quantitative estimate of drug-likeness (QED) is 0.933. The molecule has 6 nitrogen and oxygen atoms in total. The van der Waals surface area contributed by atoms with Crippen molar-refractivity contribution in [2.75, 3.05) is 32.8 Å². The minimum absolute atomic E-state index is 0.0210. The van der Waals surface area contributed by atoms with Crippen molar-refractivity contribution in [3.8, 4) is 11.3 Å². The van der Waals surface area contributed by atoms with Crippen LogP contribution in [0.15, 0.2) is 29.9 Å². The number of aromatic nitrogens is 2. The van der Waals surface area contributed by atoms with Crippen LogP contribution in [0.25, 0.3) is 11.3 Å². The van der Waals surface area contributed by atoms with E-state index in [2.05, 4.69) is 15.3 Å². The molecule has 2 amide bonds. The summed E-state index contributed by atoms with van der Waals surface area (Å²) in [7, 11) is 0.